The molecule has 1 aromatic heterocycles. The number of carbonyl (C=O) groups excluding carboxylic acids is 1. The SMILES string of the molecule is COc1ccccc1CNC(=O)[C@H]1CN2CC[C@H]1C[C@@H]2Cn1cc(C(C)(C)O)nn1. The maximum Gasteiger partial charge on any atom is 0.224 e. The summed E-state index contributed by atoms with van der Waals surface area (Å²) in [7, 11) is 1.65. The molecule has 3 fully saturated rings. The molecule has 0 spiro atoms. The van der Waals surface area contributed by atoms with E-state index in [2.05, 4.69) is 20.5 Å². The van der Waals surface area contributed by atoms with Crippen molar-refractivity contribution in [3.8, 4) is 5.75 Å². The van der Waals surface area contributed by atoms with Crippen LogP contribution in [0.3, 0.4) is 0 Å². The third-order valence-electron chi connectivity index (χ3n) is 6.42. The lowest BCUT2D eigenvalue weighted by Crippen LogP contribution is -2.58. The van der Waals surface area contributed by atoms with Crippen molar-refractivity contribution in [2.45, 2.75) is 51.4 Å². The van der Waals surface area contributed by atoms with Crippen molar-refractivity contribution in [1.82, 2.24) is 25.2 Å². The van der Waals surface area contributed by atoms with E-state index in [0.717, 1.165) is 43.8 Å². The van der Waals surface area contributed by atoms with Crippen molar-refractivity contribution in [3.63, 3.8) is 0 Å². The van der Waals surface area contributed by atoms with Crippen molar-refractivity contribution in [3.05, 3.63) is 41.7 Å². The van der Waals surface area contributed by atoms with Gasteiger partial charge in [-0.05, 0) is 45.2 Å². The topological polar surface area (TPSA) is 92.5 Å². The molecule has 8 heteroatoms. The van der Waals surface area contributed by atoms with Crippen LogP contribution in [0.15, 0.2) is 30.5 Å². The standard InChI is InChI=1S/C22H31N5O3/c1-22(2,29)20-14-27(25-24-20)12-17-10-15-8-9-26(17)13-18(15)21(28)23-11-16-6-4-5-7-19(16)30-3/h4-7,14-15,17-18,29H,8-13H2,1-3H3,(H,23,28)/t15-,17+,18-/m0/s1. The highest BCUT2D eigenvalue weighted by Crippen LogP contribution is 2.37. The monoisotopic (exact) mass is 413 g/mol. The van der Waals surface area contributed by atoms with Gasteiger partial charge in [0, 0.05) is 24.7 Å². The second-order valence-corrected chi connectivity index (χ2v) is 8.95. The summed E-state index contributed by atoms with van der Waals surface area (Å²) in [5.74, 6) is 1.33. The van der Waals surface area contributed by atoms with Crippen LogP contribution in [0.5, 0.6) is 5.75 Å². The zero-order chi connectivity index (χ0) is 21.3. The Morgan fingerprint density at radius 1 is 1.37 bits per heavy atom. The quantitative estimate of drug-likeness (QED) is 0.715. The largest absolute Gasteiger partial charge is 0.496 e. The minimum Gasteiger partial charge on any atom is -0.496 e. The van der Waals surface area contributed by atoms with Crippen molar-refractivity contribution in [1.29, 1.82) is 0 Å². The first kappa shape index (κ1) is 20.8. The summed E-state index contributed by atoms with van der Waals surface area (Å²) >= 11 is 0. The Kier molecular flexibility index (Phi) is 5.79. The number of nitrogens with one attached hydrogen (secondary N) is 1. The third kappa shape index (κ3) is 4.34. The van der Waals surface area contributed by atoms with E-state index in [1.165, 1.54) is 0 Å². The number of aromatic nitrogens is 3. The average Bonchev–Trinajstić information content (AvgIpc) is 3.22. The molecule has 3 saturated heterocycles. The number of amides is 1. The molecule has 1 unspecified atom stereocenters. The highest BCUT2D eigenvalue weighted by atomic mass is 16.5. The first-order chi connectivity index (χ1) is 14.3. The van der Waals surface area contributed by atoms with Crippen molar-refractivity contribution in [2.24, 2.45) is 11.8 Å². The Morgan fingerprint density at radius 3 is 2.83 bits per heavy atom. The van der Waals surface area contributed by atoms with Gasteiger partial charge in [-0.25, -0.2) is 0 Å². The number of aliphatic hydroxyl groups is 1. The van der Waals surface area contributed by atoms with Crippen LogP contribution < -0.4 is 10.1 Å². The van der Waals surface area contributed by atoms with E-state index < -0.39 is 5.60 Å². The molecule has 2 N–H and O–H groups in total. The number of fused-ring (bicyclic) bond motifs is 3. The Labute approximate surface area is 177 Å². The first-order valence-corrected chi connectivity index (χ1v) is 10.6. The Morgan fingerprint density at radius 2 is 2.17 bits per heavy atom. The zero-order valence-corrected chi connectivity index (χ0v) is 17.9. The number of piperidine rings is 3. The summed E-state index contributed by atoms with van der Waals surface area (Å²) in [6.07, 6.45) is 3.85. The maximum atomic E-state index is 12.9. The van der Waals surface area contributed by atoms with Crippen LogP contribution >= 0.6 is 0 Å². The molecule has 2 bridgehead atoms. The molecule has 4 atom stereocenters. The summed E-state index contributed by atoms with van der Waals surface area (Å²) in [5, 5.41) is 21.5. The van der Waals surface area contributed by atoms with Crippen molar-refractivity contribution >= 4 is 5.91 Å². The molecule has 3 aliphatic heterocycles. The van der Waals surface area contributed by atoms with Crippen LogP contribution in [-0.4, -0.2) is 57.1 Å². The molecule has 3 aliphatic rings. The molecule has 2 aromatic rings. The van der Waals surface area contributed by atoms with Crippen molar-refractivity contribution in [2.75, 3.05) is 20.2 Å². The zero-order valence-electron chi connectivity index (χ0n) is 17.9. The minimum absolute atomic E-state index is 0.0207. The van der Waals surface area contributed by atoms with E-state index in [1.807, 2.05) is 35.1 Å². The number of ether oxygens (including phenoxy) is 1. The number of carbonyl (C=O) groups is 1. The molecule has 0 saturated carbocycles. The van der Waals surface area contributed by atoms with Crippen LogP contribution in [0.4, 0.5) is 0 Å². The fourth-order valence-corrected chi connectivity index (χ4v) is 4.67. The molecule has 30 heavy (non-hydrogen) atoms. The molecule has 5 rings (SSSR count). The molecule has 1 amide bonds. The number of hydrogen-bond acceptors (Lipinski definition) is 6. The van der Waals surface area contributed by atoms with Gasteiger partial charge in [0.1, 0.15) is 17.0 Å². The molecular formula is C22H31N5O3. The Bertz CT molecular complexity index is 891. The van der Waals surface area contributed by atoms with Crippen LogP contribution in [0.2, 0.25) is 0 Å². The van der Waals surface area contributed by atoms with E-state index >= 15 is 0 Å². The highest BCUT2D eigenvalue weighted by Gasteiger charge is 2.43. The smallest absolute Gasteiger partial charge is 0.224 e. The van der Waals surface area contributed by atoms with E-state index in [9.17, 15) is 9.90 Å². The molecule has 162 valence electrons. The van der Waals surface area contributed by atoms with Gasteiger partial charge in [0.2, 0.25) is 5.91 Å². The third-order valence-corrected chi connectivity index (χ3v) is 6.42. The summed E-state index contributed by atoms with van der Waals surface area (Å²) in [4.78, 5) is 15.3. The average molecular weight is 414 g/mol. The van der Waals surface area contributed by atoms with Crippen molar-refractivity contribution < 1.29 is 14.6 Å². The maximum absolute atomic E-state index is 12.9. The fraction of sp³-hybridized carbons (Fsp3) is 0.591. The first-order valence-electron chi connectivity index (χ1n) is 10.6. The minimum atomic E-state index is -0.991. The van der Waals surface area contributed by atoms with Gasteiger partial charge in [0.15, 0.2) is 0 Å². The lowest BCUT2D eigenvalue weighted by atomic mass is 9.75. The lowest BCUT2D eigenvalue weighted by molar-refractivity contribution is -0.133. The summed E-state index contributed by atoms with van der Waals surface area (Å²) in [6.45, 7) is 6.42. The van der Waals surface area contributed by atoms with Gasteiger partial charge in [-0.3, -0.25) is 14.4 Å². The predicted molar refractivity (Wildman–Crippen MR) is 112 cm³/mol. The van der Waals surface area contributed by atoms with Gasteiger partial charge in [-0.2, -0.15) is 0 Å². The van der Waals surface area contributed by atoms with E-state index in [1.54, 1.807) is 21.0 Å². The number of hydrogen-bond donors (Lipinski definition) is 2. The molecule has 0 aliphatic carbocycles. The number of para-hydroxylation sites is 1. The molecule has 8 nitrogen and oxygen atoms in total. The Hall–Kier alpha value is -2.45. The number of rotatable bonds is 7. The second kappa shape index (κ2) is 8.35. The van der Waals surface area contributed by atoms with E-state index in [4.69, 9.17) is 4.74 Å². The molecular weight excluding hydrogens is 382 g/mol. The van der Waals surface area contributed by atoms with E-state index in [-0.39, 0.29) is 11.8 Å². The summed E-state index contributed by atoms with van der Waals surface area (Å²) in [6, 6.07) is 8.12. The lowest BCUT2D eigenvalue weighted by Gasteiger charge is -2.49. The van der Waals surface area contributed by atoms with Crippen LogP contribution in [0, 0.1) is 11.8 Å². The molecule has 0 radical (unpaired) electrons. The number of methoxy groups -OCH3 is 1. The number of benzene rings is 1. The van der Waals surface area contributed by atoms with Crippen LogP contribution in [0.25, 0.3) is 0 Å². The number of nitrogens with zero attached hydrogens (tertiary/aromatic N) is 4. The second-order valence-electron chi connectivity index (χ2n) is 8.95. The van der Waals surface area contributed by atoms with Gasteiger partial charge >= 0.3 is 0 Å². The summed E-state index contributed by atoms with van der Waals surface area (Å²) in [5.41, 5.74) is 0.572. The highest BCUT2D eigenvalue weighted by molar-refractivity contribution is 5.79. The van der Waals surface area contributed by atoms with E-state index in [0.29, 0.717) is 24.2 Å². The predicted octanol–water partition coefficient (Wildman–Crippen LogP) is 1.54. The van der Waals surface area contributed by atoms with Crippen LogP contribution in [-0.2, 0) is 23.5 Å². The van der Waals surface area contributed by atoms with Gasteiger partial charge in [-0.1, -0.05) is 23.4 Å². The normalized spacial score (nSPS) is 25.9. The molecule has 4 heterocycles. The van der Waals surface area contributed by atoms with Gasteiger partial charge < -0.3 is 15.2 Å². The van der Waals surface area contributed by atoms with Gasteiger partial charge in [0.25, 0.3) is 0 Å². The Balaban J connectivity index is 1.34. The van der Waals surface area contributed by atoms with Crippen LogP contribution in [0.1, 0.15) is 37.9 Å². The van der Waals surface area contributed by atoms with Gasteiger partial charge in [0.05, 0.1) is 25.8 Å². The fourth-order valence-electron chi connectivity index (χ4n) is 4.67. The van der Waals surface area contributed by atoms with Gasteiger partial charge in [-0.15, -0.1) is 5.10 Å². The summed E-state index contributed by atoms with van der Waals surface area (Å²) < 4.78 is 7.19. The molecule has 1 aromatic carbocycles.